The standard InChI is InChI=1S/C18H23NO4S/c20-17(15-10-16(15)18(21)22)19-13-6-4-5-12(9-13)11-24(23)14-7-2-1-3-8-14/h4-6,9,14-16H,1-3,7-8,10-11H2,(H,19,20)(H,21,22). The molecule has 2 aliphatic rings. The molecule has 1 amide bonds. The molecular formula is C18H23NO4S. The summed E-state index contributed by atoms with van der Waals surface area (Å²) in [5.41, 5.74) is 1.59. The maximum atomic E-state index is 12.5. The number of hydrogen-bond donors (Lipinski definition) is 2. The first-order valence-corrected chi connectivity index (χ1v) is 9.92. The zero-order chi connectivity index (χ0) is 17.1. The predicted octanol–water partition coefficient (Wildman–Crippen LogP) is 2.93. The van der Waals surface area contributed by atoms with E-state index in [0.717, 1.165) is 18.4 Å². The van der Waals surface area contributed by atoms with Crippen molar-refractivity contribution in [2.75, 3.05) is 5.32 Å². The second-order valence-electron chi connectivity index (χ2n) is 6.76. The average Bonchev–Trinajstić information content (AvgIpc) is 3.37. The molecule has 0 heterocycles. The van der Waals surface area contributed by atoms with Gasteiger partial charge in [-0.1, -0.05) is 31.4 Å². The molecule has 6 heteroatoms. The van der Waals surface area contributed by atoms with Crippen molar-refractivity contribution in [1.82, 2.24) is 0 Å². The van der Waals surface area contributed by atoms with Crippen LogP contribution in [0.15, 0.2) is 24.3 Å². The lowest BCUT2D eigenvalue weighted by atomic mass is 10.0. The van der Waals surface area contributed by atoms with E-state index in [1.54, 1.807) is 6.07 Å². The van der Waals surface area contributed by atoms with E-state index >= 15 is 0 Å². The highest BCUT2D eigenvalue weighted by atomic mass is 32.2. The Morgan fingerprint density at radius 1 is 1.17 bits per heavy atom. The lowest BCUT2D eigenvalue weighted by molar-refractivity contribution is -0.139. The third-order valence-electron chi connectivity index (χ3n) is 4.87. The summed E-state index contributed by atoms with van der Waals surface area (Å²) in [6.45, 7) is 0. The van der Waals surface area contributed by atoms with E-state index in [-0.39, 0.29) is 5.91 Å². The highest BCUT2D eigenvalue weighted by Gasteiger charge is 2.48. The SMILES string of the molecule is O=C(O)C1CC1C(=O)Nc1cccc(CS(=O)C2CCCCC2)c1. The molecule has 0 bridgehead atoms. The molecule has 3 unspecified atom stereocenters. The maximum Gasteiger partial charge on any atom is 0.307 e. The van der Waals surface area contributed by atoms with Crippen molar-refractivity contribution >= 4 is 28.4 Å². The largest absolute Gasteiger partial charge is 0.481 e. The van der Waals surface area contributed by atoms with Gasteiger partial charge in [-0.3, -0.25) is 13.8 Å². The van der Waals surface area contributed by atoms with Gasteiger partial charge in [-0.05, 0) is 37.0 Å². The van der Waals surface area contributed by atoms with Crippen molar-refractivity contribution < 1.29 is 18.9 Å². The van der Waals surface area contributed by atoms with Gasteiger partial charge in [0.15, 0.2) is 0 Å². The summed E-state index contributed by atoms with van der Waals surface area (Å²) in [6.07, 6.45) is 6.07. The van der Waals surface area contributed by atoms with Crippen LogP contribution in [-0.4, -0.2) is 26.4 Å². The Balaban J connectivity index is 1.57. The summed E-state index contributed by atoms with van der Waals surface area (Å²) < 4.78 is 12.5. The van der Waals surface area contributed by atoms with Gasteiger partial charge in [-0.2, -0.15) is 0 Å². The van der Waals surface area contributed by atoms with Crippen molar-refractivity contribution in [2.24, 2.45) is 11.8 Å². The van der Waals surface area contributed by atoms with E-state index < -0.39 is 28.6 Å². The van der Waals surface area contributed by atoms with Crippen LogP contribution in [0.5, 0.6) is 0 Å². The molecular weight excluding hydrogens is 326 g/mol. The lowest BCUT2D eigenvalue weighted by Gasteiger charge is -2.21. The number of hydrogen-bond acceptors (Lipinski definition) is 3. The minimum atomic E-state index is -0.910. The number of rotatable bonds is 6. The first kappa shape index (κ1) is 17.1. The minimum Gasteiger partial charge on any atom is -0.481 e. The van der Waals surface area contributed by atoms with Crippen LogP contribution in [0.3, 0.4) is 0 Å². The second kappa shape index (κ2) is 7.47. The molecule has 2 fully saturated rings. The molecule has 2 N–H and O–H groups in total. The molecule has 0 spiro atoms. The number of carbonyl (C=O) groups is 2. The van der Waals surface area contributed by atoms with E-state index in [2.05, 4.69) is 5.32 Å². The van der Waals surface area contributed by atoms with Crippen LogP contribution in [-0.2, 0) is 26.1 Å². The topological polar surface area (TPSA) is 83.5 Å². The van der Waals surface area contributed by atoms with Gasteiger partial charge in [0.05, 0.1) is 11.8 Å². The minimum absolute atomic E-state index is 0.243. The van der Waals surface area contributed by atoms with Gasteiger partial charge >= 0.3 is 5.97 Å². The van der Waals surface area contributed by atoms with Crippen LogP contribution in [0.1, 0.15) is 44.1 Å². The zero-order valence-electron chi connectivity index (χ0n) is 13.6. The molecule has 0 aromatic heterocycles. The number of carboxylic acids is 1. The van der Waals surface area contributed by atoms with E-state index in [4.69, 9.17) is 5.11 Å². The fourth-order valence-electron chi connectivity index (χ4n) is 3.34. The fourth-order valence-corrected chi connectivity index (χ4v) is 4.94. The lowest BCUT2D eigenvalue weighted by Crippen LogP contribution is -2.20. The van der Waals surface area contributed by atoms with Gasteiger partial charge in [0, 0.05) is 27.5 Å². The molecule has 130 valence electrons. The van der Waals surface area contributed by atoms with Crippen molar-refractivity contribution in [3.05, 3.63) is 29.8 Å². The fraction of sp³-hybridized carbons (Fsp3) is 0.556. The summed E-state index contributed by atoms with van der Waals surface area (Å²) >= 11 is 0. The first-order chi connectivity index (χ1) is 11.5. The molecule has 1 aromatic carbocycles. The predicted molar refractivity (Wildman–Crippen MR) is 93.0 cm³/mol. The van der Waals surface area contributed by atoms with E-state index in [9.17, 15) is 13.8 Å². The van der Waals surface area contributed by atoms with Crippen LogP contribution in [0.25, 0.3) is 0 Å². The Bertz CT molecular complexity index is 654. The molecule has 24 heavy (non-hydrogen) atoms. The Hall–Kier alpha value is -1.69. The van der Waals surface area contributed by atoms with E-state index in [1.165, 1.54) is 19.3 Å². The van der Waals surface area contributed by atoms with Gasteiger partial charge in [0.2, 0.25) is 5.91 Å². The highest BCUT2D eigenvalue weighted by Crippen LogP contribution is 2.39. The summed E-state index contributed by atoms with van der Waals surface area (Å²) in [7, 11) is -0.877. The maximum absolute atomic E-state index is 12.5. The highest BCUT2D eigenvalue weighted by molar-refractivity contribution is 7.84. The number of amides is 1. The molecule has 5 nitrogen and oxygen atoms in total. The van der Waals surface area contributed by atoms with Crippen LogP contribution < -0.4 is 5.32 Å². The first-order valence-electron chi connectivity index (χ1n) is 8.54. The van der Waals surface area contributed by atoms with Crippen LogP contribution >= 0.6 is 0 Å². The average molecular weight is 349 g/mol. The summed E-state index contributed by atoms with van der Waals surface area (Å²) in [6, 6.07) is 7.39. The molecule has 0 aliphatic heterocycles. The van der Waals surface area contributed by atoms with E-state index in [0.29, 0.717) is 23.1 Å². The Labute approximate surface area is 144 Å². The number of carbonyl (C=O) groups excluding carboxylic acids is 1. The van der Waals surface area contributed by atoms with Crippen molar-refractivity contribution in [2.45, 2.75) is 49.5 Å². The number of anilines is 1. The second-order valence-corrected chi connectivity index (χ2v) is 8.48. The Morgan fingerprint density at radius 3 is 2.58 bits per heavy atom. The summed E-state index contributed by atoms with van der Waals surface area (Å²) in [4.78, 5) is 22.9. The van der Waals surface area contributed by atoms with Gasteiger partial charge in [0.1, 0.15) is 0 Å². The number of nitrogens with one attached hydrogen (secondary N) is 1. The van der Waals surface area contributed by atoms with Crippen LogP contribution in [0.4, 0.5) is 5.69 Å². The molecule has 2 saturated carbocycles. The number of carboxylic acid groups (broad SMARTS) is 1. The van der Waals surface area contributed by atoms with Crippen molar-refractivity contribution in [3.8, 4) is 0 Å². The molecule has 3 atom stereocenters. The quantitative estimate of drug-likeness (QED) is 0.827. The van der Waals surface area contributed by atoms with Crippen molar-refractivity contribution in [3.63, 3.8) is 0 Å². The van der Waals surface area contributed by atoms with Crippen LogP contribution in [0.2, 0.25) is 0 Å². The smallest absolute Gasteiger partial charge is 0.307 e. The Kier molecular flexibility index (Phi) is 5.33. The van der Waals surface area contributed by atoms with Gasteiger partial charge in [-0.15, -0.1) is 0 Å². The van der Waals surface area contributed by atoms with E-state index in [1.807, 2.05) is 18.2 Å². The van der Waals surface area contributed by atoms with Gasteiger partial charge in [-0.25, -0.2) is 0 Å². The third-order valence-corrected chi connectivity index (χ3v) is 6.70. The van der Waals surface area contributed by atoms with Gasteiger partial charge in [0.25, 0.3) is 0 Å². The van der Waals surface area contributed by atoms with Crippen molar-refractivity contribution in [1.29, 1.82) is 0 Å². The van der Waals surface area contributed by atoms with Gasteiger partial charge < -0.3 is 10.4 Å². The normalized spacial score (nSPS) is 25.0. The molecule has 2 aliphatic carbocycles. The molecule has 3 rings (SSSR count). The summed E-state index contributed by atoms with van der Waals surface area (Å²) in [5, 5.41) is 12.0. The monoisotopic (exact) mass is 349 g/mol. The molecule has 0 saturated heterocycles. The number of aliphatic carboxylic acids is 1. The molecule has 0 radical (unpaired) electrons. The zero-order valence-corrected chi connectivity index (χ0v) is 14.4. The van der Waals surface area contributed by atoms with Crippen LogP contribution in [0, 0.1) is 11.8 Å². The Morgan fingerprint density at radius 2 is 1.92 bits per heavy atom. The number of benzene rings is 1. The summed E-state index contributed by atoms with van der Waals surface area (Å²) in [5.74, 6) is -1.62. The molecule has 1 aromatic rings. The third kappa shape index (κ3) is 4.23.